The normalized spacial score (nSPS) is 16.4. The average Bonchev–Trinajstić information content (AvgIpc) is 3.58. The van der Waals surface area contributed by atoms with Gasteiger partial charge in [0.05, 0.1) is 47.6 Å². The first-order valence-corrected chi connectivity index (χ1v) is 14.3. The van der Waals surface area contributed by atoms with Crippen LogP contribution in [0.1, 0.15) is 0 Å². The third-order valence-electron chi connectivity index (χ3n) is 6.36. The molecule has 186 valence electrons. The molecule has 2 saturated heterocycles. The zero-order valence-corrected chi connectivity index (χ0v) is 21.5. The van der Waals surface area contributed by atoms with Crippen LogP contribution in [-0.4, -0.2) is 73.0 Å². The summed E-state index contributed by atoms with van der Waals surface area (Å²) in [4.78, 5) is 6.87. The predicted molar refractivity (Wildman–Crippen MR) is 146 cm³/mol. The molecule has 4 aromatic rings. The second-order valence-corrected chi connectivity index (χ2v) is 10.8. The molecule has 2 aliphatic rings. The number of H-pyrrole nitrogens is 2. The van der Waals surface area contributed by atoms with Gasteiger partial charge in [-0.1, -0.05) is 60.7 Å². The van der Waals surface area contributed by atoms with Gasteiger partial charge in [-0.05, 0) is 21.6 Å². The van der Waals surface area contributed by atoms with Gasteiger partial charge in [-0.25, -0.2) is 0 Å². The van der Waals surface area contributed by atoms with Crippen molar-refractivity contribution < 1.29 is 9.47 Å². The van der Waals surface area contributed by atoms with Gasteiger partial charge in [-0.3, -0.25) is 10.2 Å². The van der Waals surface area contributed by atoms with Crippen molar-refractivity contribution in [2.24, 2.45) is 0 Å². The lowest BCUT2D eigenvalue weighted by Crippen LogP contribution is -2.36. The van der Waals surface area contributed by atoms with Crippen LogP contribution in [0.4, 0.5) is 11.6 Å². The Labute approximate surface area is 218 Å². The van der Waals surface area contributed by atoms with E-state index in [1.165, 1.54) is 0 Å². The Kier molecular flexibility index (Phi) is 7.17. The Morgan fingerprint density at radius 1 is 0.583 bits per heavy atom. The average molecular weight is 521 g/mol. The minimum atomic E-state index is 0.714. The van der Waals surface area contributed by atoms with E-state index in [1.54, 1.807) is 21.6 Å². The van der Waals surface area contributed by atoms with E-state index in [-0.39, 0.29) is 0 Å². The van der Waals surface area contributed by atoms with Crippen LogP contribution in [0.3, 0.4) is 0 Å². The topological polar surface area (TPSA) is 82.3 Å². The maximum Gasteiger partial charge on any atom is 0.165 e. The minimum Gasteiger partial charge on any atom is -0.378 e. The van der Waals surface area contributed by atoms with Crippen molar-refractivity contribution in [1.29, 1.82) is 0 Å². The van der Waals surface area contributed by atoms with E-state index >= 15 is 0 Å². The van der Waals surface area contributed by atoms with E-state index in [0.29, 0.717) is 26.4 Å². The molecule has 0 amide bonds. The van der Waals surface area contributed by atoms with Crippen LogP contribution in [0.5, 0.6) is 0 Å². The number of hydrogen-bond donors (Lipinski definition) is 2. The number of nitrogens with zero attached hydrogens (tertiary/aromatic N) is 4. The summed E-state index contributed by atoms with van der Waals surface area (Å²) in [5.41, 5.74) is 4.31. The Bertz CT molecular complexity index is 1170. The van der Waals surface area contributed by atoms with Crippen LogP contribution in [0.25, 0.3) is 22.5 Å². The largest absolute Gasteiger partial charge is 0.378 e. The molecule has 2 fully saturated rings. The highest BCUT2D eigenvalue weighted by atomic mass is 33.1. The molecule has 0 aliphatic carbocycles. The molecule has 4 heterocycles. The highest BCUT2D eigenvalue weighted by molar-refractivity contribution is 8.76. The van der Waals surface area contributed by atoms with Gasteiger partial charge in [0.2, 0.25) is 0 Å². The zero-order valence-electron chi connectivity index (χ0n) is 19.9. The van der Waals surface area contributed by atoms with Gasteiger partial charge < -0.3 is 19.3 Å². The number of nitrogens with one attached hydrogen (secondary N) is 2. The molecular weight excluding hydrogens is 492 g/mol. The lowest BCUT2D eigenvalue weighted by atomic mass is 10.1. The van der Waals surface area contributed by atoms with E-state index in [2.05, 4.69) is 68.5 Å². The number of morpholine rings is 2. The monoisotopic (exact) mass is 520 g/mol. The SMILES string of the molecule is c1ccc(-c2[nH]nc(N3CCOCC3)c2SSc2c(N3CCOCC3)n[nH]c2-c2ccccc2)cc1. The molecule has 2 aliphatic heterocycles. The quantitative estimate of drug-likeness (QED) is 0.332. The van der Waals surface area contributed by atoms with Gasteiger partial charge in [0.15, 0.2) is 11.6 Å². The molecular formula is C26H28N6O2S2. The van der Waals surface area contributed by atoms with Gasteiger partial charge in [0, 0.05) is 37.3 Å². The Morgan fingerprint density at radius 2 is 0.972 bits per heavy atom. The second-order valence-electron chi connectivity index (χ2n) is 8.60. The van der Waals surface area contributed by atoms with E-state index < -0.39 is 0 Å². The Hall–Kier alpha value is -2.92. The molecule has 2 aromatic carbocycles. The maximum absolute atomic E-state index is 5.60. The molecule has 10 heteroatoms. The minimum absolute atomic E-state index is 0.714. The van der Waals surface area contributed by atoms with Crippen molar-refractivity contribution in [3.05, 3.63) is 60.7 Å². The second kappa shape index (κ2) is 11.0. The Morgan fingerprint density at radius 3 is 1.36 bits per heavy atom. The number of benzene rings is 2. The molecule has 0 spiro atoms. The molecule has 6 rings (SSSR count). The summed E-state index contributed by atoms with van der Waals surface area (Å²) in [5, 5.41) is 16.2. The van der Waals surface area contributed by atoms with Crippen LogP contribution >= 0.6 is 21.6 Å². The van der Waals surface area contributed by atoms with Crippen molar-refractivity contribution in [2.45, 2.75) is 9.79 Å². The van der Waals surface area contributed by atoms with Crippen molar-refractivity contribution in [2.75, 3.05) is 62.4 Å². The van der Waals surface area contributed by atoms with Crippen molar-refractivity contribution in [3.63, 3.8) is 0 Å². The first-order valence-electron chi connectivity index (χ1n) is 12.2. The summed E-state index contributed by atoms with van der Waals surface area (Å²) >= 11 is 0. The molecule has 0 saturated carbocycles. The van der Waals surface area contributed by atoms with Crippen LogP contribution in [0.2, 0.25) is 0 Å². The van der Waals surface area contributed by atoms with E-state index in [1.807, 2.05) is 12.1 Å². The van der Waals surface area contributed by atoms with E-state index in [9.17, 15) is 0 Å². The summed E-state index contributed by atoms with van der Waals surface area (Å²) < 4.78 is 11.2. The lowest BCUT2D eigenvalue weighted by Gasteiger charge is -2.28. The first-order chi connectivity index (χ1) is 17.9. The van der Waals surface area contributed by atoms with Crippen molar-refractivity contribution in [3.8, 4) is 22.5 Å². The fraction of sp³-hybridized carbons (Fsp3) is 0.308. The molecule has 2 N–H and O–H groups in total. The number of anilines is 2. The fourth-order valence-electron chi connectivity index (χ4n) is 4.47. The summed E-state index contributed by atoms with van der Waals surface area (Å²) in [6, 6.07) is 20.8. The van der Waals surface area contributed by atoms with Gasteiger partial charge in [-0.15, -0.1) is 0 Å². The molecule has 0 atom stereocenters. The van der Waals surface area contributed by atoms with E-state index in [0.717, 1.165) is 70.1 Å². The third-order valence-corrected chi connectivity index (χ3v) is 8.80. The highest BCUT2D eigenvalue weighted by Crippen LogP contribution is 2.50. The first kappa shape index (κ1) is 23.5. The van der Waals surface area contributed by atoms with Crippen molar-refractivity contribution >= 4 is 33.2 Å². The van der Waals surface area contributed by atoms with Gasteiger partial charge in [0.1, 0.15) is 0 Å². The summed E-state index contributed by atoms with van der Waals surface area (Å²) in [6.07, 6.45) is 0. The molecule has 0 bridgehead atoms. The Balaban J connectivity index is 1.37. The maximum atomic E-state index is 5.60. The van der Waals surface area contributed by atoms with Crippen molar-refractivity contribution in [1.82, 2.24) is 20.4 Å². The van der Waals surface area contributed by atoms with Gasteiger partial charge in [0.25, 0.3) is 0 Å². The number of ether oxygens (including phenoxy) is 2. The number of aromatic nitrogens is 4. The lowest BCUT2D eigenvalue weighted by molar-refractivity contribution is 0.122. The number of hydrogen-bond acceptors (Lipinski definition) is 8. The van der Waals surface area contributed by atoms with Crippen LogP contribution in [0.15, 0.2) is 70.5 Å². The number of rotatable bonds is 7. The third kappa shape index (κ3) is 4.86. The fourth-order valence-corrected chi connectivity index (χ4v) is 7.07. The van der Waals surface area contributed by atoms with Crippen LogP contribution in [-0.2, 0) is 9.47 Å². The summed E-state index contributed by atoms with van der Waals surface area (Å²) in [5.74, 6) is 1.96. The molecule has 0 radical (unpaired) electrons. The number of aromatic amines is 2. The summed E-state index contributed by atoms with van der Waals surface area (Å²) in [7, 11) is 3.47. The molecule has 0 unspecified atom stereocenters. The van der Waals surface area contributed by atoms with Crippen LogP contribution in [0, 0.1) is 0 Å². The van der Waals surface area contributed by atoms with Gasteiger partial charge >= 0.3 is 0 Å². The van der Waals surface area contributed by atoms with Crippen LogP contribution < -0.4 is 9.80 Å². The molecule has 8 nitrogen and oxygen atoms in total. The summed E-state index contributed by atoms with van der Waals surface area (Å²) in [6.45, 7) is 6.18. The highest BCUT2D eigenvalue weighted by Gasteiger charge is 2.26. The standard InChI is InChI=1S/C26H28N6O2S2/c1-3-7-19(8-4-1)21-23(25(29-27-21)31-11-15-33-16-12-31)35-36-24-22(20-9-5-2-6-10-20)28-30-26(24)32-13-17-34-18-14-32/h1-10H,11-18H2,(H,27,29)(H,28,30). The van der Waals surface area contributed by atoms with Gasteiger partial charge in [-0.2, -0.15) is 10.2 Å². The van der Waals surface area contributed by atoms with E-state index in [4.69, 9.17) is 19.7 Å². The molecule has 36 heavy (non-hydrogen) atoms. The predicted octanol–water partition coefficient (Wildman–Crippen LogP) is 4.94. The smallest absolute Gasteiger partial charge is 0.165 e. The zero-order chi connectivity index (χ0) is 24.2. The molecule has 2 aromatic heterocycles.